The van der Waals surface area contributed by atoms with Crippen LogP contribution in [0.25, 0.3) is 0 Å². The molecule has 3 heteroatoms. The van der Waals surface area contributed by atoms with Gasteiger partial charge in [-0.3, -0.25) is 4.99 Å². The van der Waals surface area contributed by atoms with Crippen molar-refractivity contribution in [3.63, 3.8) is 0 Å². The minimum atomic E-state index is 0. The summed E-state index contributed by atoms with van der Waals surface area (Å²) in [6, 6.07) is 20.3. The van der Waals surface area contributed by atoms with Gasteiger partial charge in [0.2, 0.25) is 0 Å². The van der Waals surface area contributed by atoms with Crippen molar-refractivity contribution < 1.29 is 20.4 Å². The van der Waals surface area contributed by atoms with Gasteiger partial charge in [-0.2, -0.15) is 0 Å². The van der Waals surface area contributed by atoms with E-state index in [0.29, 0.717) is 0 Å². The van der Waals surface area contributed by atoms with Gasteiger partial charge >= 0.3 is 0 Å². The molecule has 0 aromatic heterocycles. The van der Waals surface area contributed by atoms with Crippen molar-refractivity contribution >= 4 is 22.8 Å². The van der Waals surface area contributed by atoms with E-state index in [1.807, 2.05) is 60.7 Å². The van der Waals surface area contributed by atoms with Crippen LogP contribution in [0.2, 0.25) is 0 Å². The number of rotatable bonds is 9. The molecule has 140 valence electrons. The summed E-state index contributed by atoms with van der Waals surface area (Å²) < 4.78 is 0. The fraction of sp³-hybridized carbons (Fsp3) is 0.304. The monoisotopic (exact) mass is 438 g/mol. The molecular weight excluding hydrogens is 411 g/mol. The number of benzene rings is 2. The van der Waals surface area contributed by atoms with E-state index >= 15 is 0 Å². The van der Waals surface area contributed by atoms with E-state index < -0.39 is 0 Å². The predicted molar refractivity (Wildman–Crippen MR) is 111 cm³/mol. The summed E-state index contributed by atoms with van der Waals surface area (Å²) in [7, 11) is 0. The Kier molecular flexibility index (Phi) is 11.4. The van der Waals surface area contributed by atoms with Crippen LogP contribution in [-0.2, 0) is 20.4 Å². The number of aliphatic imine (C=N–C) groups is 2. The molecule has 0 aliphatic rings. The van der Waals surface area contributed by atoms with E-state index in [4.69, 9.17) is 9.98 Å². The Hall–Kier alpha value is -1.82. The first kappa shape index (κ1) is 22.2. The van der Waals surface area contributed by atoms with Gasteiger partial charge in [-0.15, -0.1) is 0 Å². The standard InChI is InChI=1S/C23H28N2.Pd/c1-3-5-9-19-23(25-21-16-12-8-13-17-21)22(18-6-4-2)24-20-14-10-7-11-15-20;/h7-17,19H,3-6,18H2,1-2H3;/b19-9+,24-22+,25-23+;. The van der Waals surface area contributed by atoms with Crippen LogP contribution in [-0.4, -0.2) is 11.4 Å². The molecule has 0 amide bonds. The molecule has 0 spiro atoms. The molecule has 2 nitrogen and oxygen atoms in total. The van der Waals surface area contributed by atoms with E-state index in [9.17, 15) is 0 Å². The van der Waals surface area contributed by atoms with Crippen molar-refractivity contribution in [3.05, 3.63) is 72.8 Å². The second-order valence-electron chi connectivity index (χ2n) is 6.02. The molecule has 0 N–H and O–H groups in total. The summed E-state index contributed by atoms with van der Waals surface area (Å²) >= 11 is 0. The second kappa shape index (κ2) is 13.4. The Labute approximate surface area is 171 Å². The number of allylic oxidation sites excluding steroid dienone is 2. The van der Waals surface area contributed by atoms with E-state index in [1.54, 1.807) is 0 Å². The van der Waals surface area contributed by atoms with Crippen LogP contribution < -0.4 is 0 Å². The van der Waals surface area contributed by atoms with Gasteiger partial charge in [-0.25, -0.2) is 4.99 Å². The maximum Gasteiger partial charge on any atom is 0.0848 e. The molecule has 0 fully saturated rings. The molecule has 0 bridgehead atoms. The normalized spacial score (nSPS) is 12.2. The summed E-state index contributed by atoms with van der Waals surface area (Å²) in [5.74, 6) is 0. The Morgan fingerprint density at radius 3 is 1.92 bits per heavy atom. The van der Waals surface area contributed by atoms with E-state index in [0.717, 1.165) is 54.9 Å². The van der Waals surface area contributed by atoms with Crippen molar-refractivity contribution in [1.82, 2.24) is 0 Å². The summed E-state index contributed by atoms with van der Waals surface area (Å²) in [5, 5.41) is 0. The second-order valence-corrected chi connectivity index (χ2v) is 6.02. The smallest absolute Gasteiger partial charge is 0.0848 e. The van der Waals surface area contributed by atoms with Crippen LogP contribution in [0.4, 0.5) is 11.4 Å². The number of hydrogen-bond acceptors (Lipinski definition) is 2. The first-order valence-corrected chi connectivity index (χ1v) is 9.26. The fourth-order valence-electron chi connectivity index (χ4n) is 2.45. The molecule has 0 heterocycles. The van der Waals surface area contributed by atoms with Gasteiger partial charge in [-0.1, -0.05) is 69.2 Å². The molecule has 0 aliphatic carbocycles. The van der Waals surface area contributed by atoms with Gasteiger partial charge in [-0.05, 0) is 49.6 Å². The van der Waals surface area contributed by atoms with E-state index in [2.05, 4.69) is 26.0 Å². The third-order valence-electron chi connectivity index (χ3n) is 3.82. The van der Waals surface area contributed by atoms with Crippen LogP contribution in [0.1, 0.15) is 46.0 Å². The molecule has 0 atom stereocenters. The van der Waals surface area contributed by atoms with Crippen LogP contribution in [0.15, 0.2) is 82.8 Å². The van der Waals surface area contributed by atoms with Crippen molar-refractivity contribution in [1.29, 1.82) is 0 Å². The maximum atomic E-state index is 4.91. The quantitative estimate of drug-likeness (QED) is 0.295. The van der Waals surface area contributed by atoms with Gasteiger partial charge < -0.3 is 0 Å². The third-order valence-corrected chi connectivity index (χ3v) is 3.82. The summed E-state index contributed by atoms with van der Waals surface area (Å²) in [6.07, 6.45) is 9.72. The summed E-state index contributed by atoms with van der Waals surface area (Å²) in [4.78, 5) is 9.78. The van der Waals surface area contributed by atoms with Crippen LogP contribution in [0.5, 0.6) is 0 Å². The maximum absolute atomic E-state index is 4.91. The van der Waals surface area contributed by atoms with E-state index in [-0.39, 0.29) is 20.4 Å². The number of para-hydroxylation sites is 2. The van der Waals surface area contributed by atoms with Gasteiger partial charge in [0.1, 0.15) is 0 Å². The zero-order chi connectivity index (χ0) is 17.7. The van der Waals surface area contributed by atoms with Crippen LogP contribution in [0.3, 0.4) is 0 Å². The topological polar surface area (TPSA) is 24.7 Å². The average Bonchev–Trinajstić information content (AvgIpc) is 2.66. The van der Waals surface area contributed by atoms with Gasteiger partial charge in [0.15, 0.2) is 0 Å². The molecular formula is C23H28N2Pd. The Morgan fingerprint density at radius 2 is 1.38 bits per heavy atom. The Bertz CT molecular complexity index is 704. The molecule has 0 radical (unpaired) electrons. The minimum absolute atomic E-state index is 0. The Balaban J connectivity index is 0.00000338. The van der Waals surface area contributed by atoms with Crippen molar-refractivity contribution in [2.75, 3.05) is 0 Å². The number of hydrogen-bond donors (Lipinski definition) is 0. The van der Waals surface area contributed by atoms with Gasteiger partial charge in [0.25, 0.3) is 0 Å². The van der Waals surface area contributed by atoms with Crippen LogP contribution >= 0.6 is 0 Å². The first-order valence-electron chi connectivity index (χ1n) is 9.26. The molecule has 0 aliphatic heterocycles. The molecule has 2 rings (SSSR count). The predicted octanol–water partition coefficient (Wildman–Crippen LogP) is 7.08. The summed E-state index contributed by atoms with van der Waals surface area (Å²) in [6.45, 7) is 4.40. The zero-order valence-electron chi connectivity index (χ0n) is 15.7. The molecule has 2 aromatic rings. The van der Waals surface area contributed by atoms with Crippen molar-refractivity contribution in [2.24, 2.45) is 9.98 Å². The third kappa shape index (κ3) is 8.04. The molecule has 2 aromatic carbocycles. The molecule has 0 unspecified atom stereocenters. The summed E-state index contributed by atoms with van der Waals surface area (Å²) in [5.41, 5.74) is 3.98. The van der Waals surface area contributed by atoms with Crippen molar-refractivity contribution in [3.8, 4) is 0 Å². The largest absolute Gasteiger partial charge is 0.251 e. The van der Waals surface area contributed by atoms with Crippen molar-refractivity contribution in [2.45, 2.75) is 46.0 Å². The van der Waals surface area contributed by atoms with Gasteiger partial charge in [0.05, 0.1) is 22.8 Å². The molecule has 0 saturated carbocycles. The van der Waals surface area contributed by atoms with E-state index in [1.165, 1.54) is 0 Å². The fourth-order valence-corrected chi connectivity index (χ4v) is 2.45. The molecule has 26 heavy (non-hydrogen) atoms. The SMILES string of the molecule is CCC/C=C/C(=N\c1ccccc1)C(/CCCC)=N/c1ccccc1.[Pd]. The minimum Gasteiger partial charge on any atom is -0.251 e. The zero-order valence-corrected chi connectivity index (χ0v) is 17.2. The Morgan fingerprint density at radius 1 is 0.808 bits per heavy atom. The number of unbranched alkanes of at least 4 members (excludes halogenated alkanes) is 2. The van der Waals surface area contributed by atoms with Crippen LogP contribution in [0, 0.1) is 0 Å². The van der Waals surface area contributed by atoms with Gasteiger partial charge in [0, 0.05) is 20.4 Å². The first-order chi connectivity index (χ1) is 12.3. The average molecular weight is 439 g/mol. The number of nitrogens with zero attached hydrogens (tertiary/aromatic N) is 2. The molecule has 0 saturated heterocycles.